The number of allylic oxidation sites excluding steroid dienone is 3. The Kier molecular flexibility index (Phi) is 7.05. The van der Waals surface area contributed by atoms with E-state index in [1.54, 1.807) is 0 Å². The Balaban J connectivity index is 1.33. The molecule has 7 aromatic rings. The van der Waals surface area contributed by atoms with Crippen LogP contribution in [0.25, 0.3) is 60.3 Å². The van der Waals surface area contributed by atoms with Crippen molar-refractivity contribution in [2.45, 2.75) is 25.8 Å². The maximum absolute atomic E-state index is 2.63. The molecule has 1 heterocycles. The number of hydrogen-bond acceptors (Lipinski definition) is 1. The zero-order valence-electron chi connectivity index (χ0n) is 27.2. The smallest absolute Gasteiger partial charge is 0.0447 e. The van der Waals surface area contributed by atoms with Gasteiger partial charge in [0.1, 0.15) is 0 Å². The third kappa shape index (κ3) is 4.86. The number of aryl methyl sites for hydroxylation is 1. The summed E-state index contributed by atoms with van der Waals surface area (Å²) in [4.78, 5) is 2.63. The molecule has 1 aliphatic heterocycles. The van der Waals surface area contributed by atoms with Crippen LogP contribution >= 0.6 is 0 Å². The van der Waals surface area contributed by atoms with Crippen LogP contribution in [0.15, 0.2) is 170 Å². The first-order valence-corrected chi connectivity index (χ1v) is 17.2. The van der Waals surface area contributed by atoms with E-state index in [0.717, 1.165) is 12.8 Å². The average Bonchev–Trinajstić information content (AvgIpc) is 3.60. The molecule has 230 valence electrons. The molecule has 0 fully saturated rings. The molecular formula is C47H37N. The fourth-order valence-corrected chi connectivity index (χ4v) is 8.07. The van der Waals surface area contributed by atoms with Gasteiger partial charge in [-0.05, 0) is 98.1 Å². The summed E-state index contributed by atoms with van der Waals surface area (Å²) < 4.78 is 0. The summed E-state index contributed by atoms with van der Waals surface area (Å²) in [6, 6.07) is 52.2. The van der Waals surface area contributed by atoms with Gasteiger partial charge in [0, 0.05) is 23.3 Å². The molecule has 0 amide bonds. The van der Waals surface area contributed by atoms with Crippen LogP contribution < -0.4 is 4.90 Å². The third-order valence-electron chi connectivity index (χ3n) is 10.4. The summed E-state index contributed by atoms with van der Waals surface area (Å²) in [5.41, 5.74) is 10.2. The lowest BCUT2D eigenvalue weighted by Crippen LogP contribution is -2.35. The predicted molar refractivity (Wildman–Crippen MR) is 206 cm³/mol. The normalized spacial score (nSPS) is 17.4. The number of fused-ring (bicyclic) bond motifs is 3. The second-order valence-corrected chi connectivity index (χ2v) is 13.3. The molecule has 0 saturated carbocycles. The summed E-state index contributed by atoms with van der Waals surface area (Å²) >= 11 is 0. The van der Waals surface area contributed by atoms with E-state index in [0.29, 0.717) is 12.0 Å². The summed E-state index contributed by atoms with van der Waals surface area (Å²) in [5.74, 6) is 0.449. The van der Waals surface area contributed by atoms with E-state index < -0.39 is 0 Å². The van der Waals surface area contributed by atoms with Crippen molar-refractivity contribution < 1.29 is 0 Å². The lowest BCUT2D eigenvalue weighted by molar-refractivity contribution is 0.514. The molecule has 0 aromatic heterocycles. The van der Waals surface area contributed by atoms with Gasteiger partial charge in [-0.15, -0.1) is 0 Å². The van der Waals surface area contributed by atoms with Gasteiger partial charge in [0.25, 0.3) is 0 Å². The Bertz CT molecular complexity index is 2410. The van der Waals surface area contributed by atoms with Gasteiger partial charge in [-0.3, -0.25) is 0 Å². The van der Waals surface area contributed by atoms with Crippen molar-refractivity contribution in [3.8, 4) is 22.3 Å². The first-order chi connectivity index (χ1) is 23.7. The fourth-order valence-electron chi connectivity index (χ4n) is 8.07. The highest BCUT2D eigenvalue weighted by Gasteiger charge is 2.33. The Morgan fingerprint density at radius 1 is 0.521 bits per heavy atom. The minimum absolute atomic E-state index is 0.349. The standard InChI is InChI=1S/C47H37N/c1-32-20-22-36(23-21-32)46-40-18-10-11-19-41(40)47(38-25-24-33-12-8-9-17-37(33)30-38)42-27-26-39(31-43(42)46)48-44(34-13-4-2-5-14-34)28-29-45(48)35-15-6-3-7-16-35/h2-15,17-28,30-31,35,45H,16,29H2,1H3. The molecule has 2 aliphatic rings. The average molecular weight is 616 g/mol. The third-order valence-corrected chi connectivity index (χ3v) is 10.4. The predicted octanol–water partition coefficient (Wildman–Crippen LogP) is 12.5. The van der Waals surface area contributed by atoms with Crippen molar-refractivity contribution in [2.24, 2.45) is 5.92 Å². The molecule has 0 spiro atoms. The van der Waals surface area contributed by atoms with Crippen molar-refractivity contribution in [1.82, 2.24) is 0 Å². The largest absolute Gasteiger partial charge is 0.337 e. The molecule has 1 nitrogen and oxygen atoms in total. The van der Waals surface area contributed by atoms with Crippen molar-refractivity contribution >= 4 is 43.7 Å². The molecule has 0 N–H and O–H groups in total. The summed E-state index contributed by atoms with van der Waals surface area (Å²) in [7, 11) is 0. The van der Waals surface area contributed by atoms with E-state index in [1.165, 1.54) is 77.1 Å². The second kappa shape index (κ2) is 11.9. The van der Waals surface area contributed by atoms with Crippen LogP contribution in [0.5, 0.6) is 0 Å². The Labute approximate surface area is 282 Å². The van der Waals surface area contributed by atoms with Crippen molar-refractivity contribution in [2.75, 3.05) is 4.90 Å². The molecule has 9 rings (SSSR count). The van der Waals surface area contributed by atoms with Crippen molar-refractivity contribution in [3.05, 3.63) is 181 Å². The molecule has 0 saturated heterocycles. The van der Waals surface area contributed by atoms with E-state index in [1.807, 2.05) is 0 Å². The second-order valence-electron chi connectivity index (χ2n) is 13.3. The molecule has 0 bridgehead atoms. The highest BCUT2D eigenvalue weighted by Crippen LogP contribution is 2.47. The van der Waals surface area contributed by atoms with E-state index in [4.69, 9.17) is 0 Å². The minimum Gasteiger partial charge on any atom is -0.337 e. The molecule has 1 aliphatic carbocycles. The molecule has 0 radical (unpaired) electrons. The fraction of sp³-hybridized carbons (Fsp3) is 0.106. The summed E-state index contributed by atoms with van der Waals surface area (Å²) in [6.07, 6.45) is 13.7. The van der Waals surface area contributed by atoms with E-state index in [2.05, 4.69) is 182 Å². The van der Waals surface area contributed by atoms with Gasteiger partial charge >= 0.3 is 0 Å². The van der Waals surface area contributed by atoms with Crippen LogP contribution in [0.3, 0.4) is 0 Å². The molecule has 2 atom stereocenters. The molecule has 1 heteroatoms. The lowest BCUT2D eigenvalue weighted by atomic mass is 9.85. The van der Waals surface area contributed by atoms with E-state index in [-0.39, 0.29) is 0 Å². The zero-order valence-corrected chi connectivity index (χ0v) is 27.2. The number of benzene rings is 7. The summed E-state index contributed by atoms with van der Waals surface area (Å²) in [6.45, 7) is 2.17. The van der Waals surface area contributed by atoms with Gasteiger partial charge in [-0.25, -0.2) is 0 Å². The topological polar surface area (TPSA) is 3.24 Å². The van der Waals surface area contributed by atoms with Gasteiger partial charge in [-0.1, -0.05) is 157 Å². The highest BCUT2D eigenvalue weighted by atomic mass is 15.2. The first kappa shape index (κ1) is 28.6. The molecule has 48 heavy (non-hydrogen) atoms. The van der Waals surface area contributed by atoms with E-state index >= 15 is 0 Å². The Morgan fingerprint density at radius 2 is 1.21 bits per heavy atom. The highest BCUT2D eigenvalue weighted by molar-refractivity contribution is 6.22. The van der Waals surface area contributed by atoms with Crippen molar-refractivity contribution in [3.63, 3.8) is 0 Å². The van der Waals surface area contributed by atoms with Crippen LogP contribution in [-0.4, -0.2) is 6.04 Å². The van der Waals surface area contributed by atoms with Gasteiger partial charge < -0.3 is 4.90 Å². The van der Waals surface area contributed by atoms with Crippen LogP contribution in [0.1, 0.15) is 24.0 Å². The van der Waals surface area contributed by atoms with Crippen LogP contribution in [0, 0.1) is 12.8 Å². The maximum Gasteiger partial charge on any atom is 0.0447 e. The number of rotatable bonds is 5. The molecule has 2 unspecified atom stereocenters. The number of anilines is 1. The zero-order chi connectivity index (χ0) is 32.0. The number of hydrogen-bond donors (Lipinski definition) is 0. The lowest BCUT2D eigenvalue weighted by Gasteiger charge is -2.35. The van der Waals surface area contributed by atoms with Gasteiger partial charge in [-0.2, -0.15) is 0 Å². The van der Waals surface area contributed by atoms with Crippen molar-refractivity contribution in [1.29, 1.82) is 0 Å². The SMILES string of the molecule is Cc1ccc(-c2c3ccccc3c(-c3ccc4ccccc4c3)c3ccc(N4C(c5ccccc5)=CCC4C4C=CC=CC4)cc23)cc1. The van der Waals surface area contributed by atoms with Gasteiger partial charge in [0.05, 0.1) is 0 Å². The van der Waals surface area contributed by atoms with Gasteiger partial charge in [0.15, 0.2) is 0 Å². The minimum atomic E-state index is 0.349. The van der Waals surface area contributed by atoms with Crippen LogP contribution in [-0.2, 0) is 0 Å². The van der Waals surface area contributed by atoms with Crippen LogP contribution in [0.2, 0.25) is 0 Å². The monoisotopic (exact) mass is 615 g/mol. The molecular weight excluding hydrogens is 579 g/mol. The molecule has 7 aromatic carbocycles. The Morgan fingerprint density at radius 3 is 1.98 bits per heavy atom. The summed E-state index contributed by atoms with van der Waals surface area (Å²) in [5, 5.41) is 7.66. The first-order valence-electron chi connectivity index (χ1n) is 17.2. The van der Waals surface area contributed by atoms with E-state index in [9.17, 15) is 0 Å². The maximum atomic E-state index is 2.63. The quantitative estimate of drug-likeness (QED) is 0.174. The number of nitrogens with zero attached hydrogens (tertiary/aromatic N) is 1. The van der Waals surface area contributed by atoms with Gasteiger partial charge in [0.2, 0.25) is 0 Å². The Hall–Kier alpha value is -5.66. The van der Waals surface area contributed by atoms with Crippen LogP contribution in [0.4, 0.5) is 5.69 Å².